The third kappa shape index (κ3) is 4.23. The Balaban J connectivity index is 2.03. The van der Waals surface area contributed by atoms with Crippen molar-refractivity contribution < 1.29 is 0 Å². The molecule has 20 heavy (non-hydrogen) atoms. The highest BCUT2D eigenvalue weighted by Gasteiger charge is 2.34. The van der Waals surface area contributed by atoms with Gasteiger partial charge in [0, 0.05) is 15.6 Å². The molecule has 0 radical (unpaired) electrons. The lowest BCUT2D eigenvalue weighted by Gasteiger charge is -2.26. The van der Waals surface area contributed by atoms with Gasteiger partial charge in [-0.05, 0) is 33.6 Å². The summed E-state index contributed by atoms with van der Waals surface area (Å²) in [6, 6.07) is 10.8. The van der Waals surface area contributed by atoms with Gasteiger partial charge in [0.1, 0.15) is 0 Å². The van der Waals surface area contributed by atoms with E-state index in [2.05, 4.69) is 73.1 Å². The minimum atomic E-state index is 0.0858. The Morgan fingerprint density at radius 2 is 2.10 bits per heavy atom. The van der Waals surface area contributed by atoms with Crippen LogP contribution in [0.15, 0.2) is 47.0 Å². The fourth-order valence-electron chi connectivity index (χ4n) is 2.23. The van der Waals surface area contributed by atoms with Crippen LogP contribution in [-0.2, 0) is 0 Å². The van der Waals surface area contributed by atoms with Crippen LogP contribution in [0.3, 0.4) is 0 Å². The number of nitrogens with zero attached hydrogens (tertiary/aromatic N) is 1. The number of thioether (sulfide) groups is 1. The van der Waals surface area contributed by atoms with Gasteiger partial charge in [-0.1, -0.05) is 57.9 Å². The molecule has 0 bridgehead atoms. The molecular weight excluding hydrogens is 330 g/mol. The second-order valence-electron chi connectivity index (χ2n) is 5.73. The van der Waals surface area contributed by atoms with Gasteiger partial charge in [0.25, 0.3) is 0 Å². The summed E-state index contributed by atoms with van der Waals surface area (Å²) in [5.41, 5.74) is 2.63. The molecule has 0 aromatic heterocycles. The molecule has 0 saturated carbocycles. The second-order valence-corrected chi connectivity index (χ2v) is 8.55. The lowest BCUT2D eigenvalue weighted by Crippen LogP contribution is -2.32. The fraction of sp³-hybridized carbons (Fsp3) is 0.471. The molecule has 0 N–H and O–H groups in total. The number of halogens is 1. The Labute approximate surface area is 135 Å². The number of alkyl halides is 1. The summed E-state index contributed by atoms with van der Waals surface area (Å²) in [4.78, 5) is 4.94. The summed E-state index contributed by atoms with van der Waals surface area (Å²) >= 11 is 5.78. The zero-order valence-electron chi connectivity index (χ0n) is 12.4. The Bertz CT molecular complexity index is 501. The van der Waals surface area contributed by atoms with Gasteiger partial charge in [0.15, 0.2) is 0 Å². The first kappa shape index (κ1) is 15.8. The fourth-order valence-corrected chi connectivity index (χ4v) is 4.20. The SMILES string of the molecule is CC(C)=CCC[C@@](C)(Br)C1CSC(c2ccccc2)=N1. The van der Waals surface area contributed by atoms with Crippen LogP contribution in [0.4, 0.5) is 0 Å². The number of aliphatic imine (C=N–C) groups is 1. The predicted molar refractivity (Wildman–Crippen MR) is 95.2 cm³/mol. The number of benzene rings is 1. The zero-order chi connectivity index (χ0) is 14.6. The Hall–Kier alpha value is -0.540. The minimum absolute atomic E-state index is 0.0858. The lowest BCUT2D eigenvalue weighted by molar-refractivity contribution is 0.524. The maximum absolute atomic E-state index is 4.94. The van der Waals surface area contributed by atoms with Crippen molar-refractivity contribution in [1.29, 1.82) is 0 Å². The minimum Gasteiger partial charge on any atom is -0.272 e. The Morgan fingerprint density at radius 1 is 1.40 bits per heavy atom. The highest BCUT2D eigenvalue weighted by molar-refractivity contribution is 9.10. The molecule has 1 aliphatic rings. The molecule has 1 nitrogen and oxygen atoms in total. The van der Waals surface area contributed by atoms with E-state index in [9.17, 15) is 0 Å². The standard InChI is InChI=1S/C17H22BrNS/c1-13(2)8-7-11-17(3,18)15-12-20-16(19-15)14-9-5-4-6-10-14/h4-6,8-10,15H,7,11-12H2,1-3H3/t15?,17-/m1/s1. The highest BCUT2D eigenvalue weighted by atomic mass is 79.9. The van der Waals surface area contributed by atoms with Gasteiger partial charge >= 0.3 is 0 Å². The van der Waals surface area contributed by atoms with Crippen molar-refractivity contribution in [3.05, 3.63) is 47.5 Å². The van der Waals surface area contributed by atoms with E-state index in [0.717, 1.165) is 18.6 Å². The third-order valence-electron chi connectivity index (χ3n) is 3.55. The molecule has 0 aliphatic carbocycles. The average Bonchev–Trinajstić information content (AvgIpc) is 2.89. The summed E-state index contributed by atoms with van der Waals surface area (Å²) in [6.45, 7) is 6.58. The quantitative estimate of drug-likeness (QED) is 0.507. The van der Waals surface area contributed by atoms with E-state index < -0.39 is 0 Å². The molecule has 1 aromatic carbocycles. The van der Waals surface area contributed by atoms with Gasteiger partial charge in [-0.25, -0.2) is 0 Å². The van der Waals surface area contributed by atoms with E-state index in [-0.39, 0.29) is 4.32 Å². The molecule has 2 atom stereocenters. The van der Waals surface area contributed by atoms with E-state index in [0.29, 0.717) is 6.04 Å². The number of hydrogen-bond donors (Lipinski definition) is 0. The lowest BCUT2D eigenvalue weighted by atomic mass is 9.97. The van der Waals surface area contributed by atoms with E-state index >= 15 is 0 Å². The number of allylic oxidation sites excluding steroid dienone is 2. The monoisotopic (exact) mass is 351 g/mol. The molecule has 2 rings (SSSR count). The summed E-state index contributed by atoms with van der Waals surface area (Å²) in [5.74, 6) is 1.07. The molecule has 0 saturated heterocycles. The van der Waals surface area contributed by atoms with Crippen LogP contribution in [0.25, 0.3) is 0 Å². The van der Waals surface area contributed by atoms with Crippen molar-refractivity contribution in [1.82, 2.24) is 0 Å². The highest BCUT2D eigenvalue weighted by Crippen LogP contribution is 2.37. The van der Waals surface area contributed by atoms with Crippen LogP contribution in [0.2, 0.25) is 0 Å². The van der Waals surface area contributed by atoms with E-state index in [1.54, 1.807) is 0 Å². The van der Waals surface area contributed by atoms with E-state index in [4.69, 9.17) is 4.99 Å². The summed E-state index contributed by atoms with van der Waals surface area (Å²) in [5, 5.41) is 1.18. The third-order valence-corrected chi connectivity index (χ3v) is 5.57. The molecule has 1 unspecified atom stereocenters. The van der Waals surface area contributed by atoms with Gasteiger partial charge in [-0.3, -0.25) is 4.99 Å². The van der Waals surface area contributed by atoms with Gasteiger partial charge < -0.3 is 0 Å². The first-order valence-corrected chi connectivity index (χ1v) is 8.85. The number of hydrogen-bond acceptors (Lipinski definition) is 2. The molecular formula is C17H22BrNS. The molecule has 0 amide bonds. The van der Waals surface area contributed by atoms with Crippen molar-refractivity contribution in [2.45, 2.75) is 44.0 Å². The van der Waals surface area contributed by atoms with Crippen LogP contribution in [-0.4, -0.2) is 21.2 Å². The molecule has 1 aromatic rings. The topological polar surface area (TPSA) is 12.4 Å². The molecule has 0 fully saturated rings. The normalized spacial score (nSPS) is 21.2. The molecule has 3 heteroatoms. The second kappa shape index (κ2) is 6.95. The largest absolute Gasteiger partial charge is 0.272 e. The van der Waals surface area contributed by atoms with E-state index in [1.165, 1.54) is 16.2 Å². The predicted octanol–water partition coefficient (Wildman–Crippen LogP) is 5.45. The van der Waals surface area contributed by atoms with Crippen LogP contribution < -0.4 is 0 Å². The van der Waals surface area contributed by atoms with Crippen LogP contribution in [0.5, 0.6) is 0 Å². The molecule has 108 valence electrons. The van der Waals surface area contributed by atoms with Crippen molar-refractivity contribution >= 4 is 32.7 Å². The maximum atomic E-state index is 4.94. The number of rotatable bonds is 5. The van der Waals surface area contributed by atoms with Crippen molar-refractivity contribution in [3.8, 4) is 0 Å². The van der Waals surface area contributed by atoms with E-state index in [1.807, 2.05) is 11.8 Å². The summed E-state index contributed by atoms with van der Waals surface area (Å²) in [6.07, 6.45) is 4.54. The first-order valence-electron chi connectivity index (χ1n) is 7.07. The molecule has 1 aliphatic heterocycles. The Kier molecular flexibility index (Phi) is 5.50. The smallest absolute Gasteiger partial charge is 0.0981 e. The summed E-state index contributed by atoms with van der Waals surface area (Å²) in [7, 11) is 0. The van der Waals surface area contributed by atoms with Crippen molar-refractivity contribution in [3.63, 3.8) is 0 Å². The van der Waals surface area contributed by atoms with Gasteiger partial charge in [-0.15, -0.1) is 11.8 Å². The van der Waals surface area contributed by atoms with Crippen molar-refractivity contribution in [2.75, 3.05) is 5.75 Å². The van der Waals surface area contributed by atoms with Gasteiger partial charge in [0.2, 0.25) is 0 Å². The molecule has 0 spiro atoms. The van der Waals surface area contributed by atoms with Crippen molar-refractivity contribution in [2.24, 2.45) is 4.99 Å². The van der Waals surface area contributed by atoms with Crippen LogP contribution in [0.1, 0.15) is 39.2 Å². The van der Waals surface area contributed by atoms with Crippen LogP contribution in [0, 0.1) is 0 Å². The molecule has 1 heterocycles. The van der Waals surface area contributed by atoms with Gasteiger partial charge in [0.05, 0.1) is 11.1 Å². The zero-order valence-corrected chi connectivity index (χ0v) is 14.8. The summed E-state index contributed by atoms with van der Waals surface area (Å²) < 4.78 is 0.0858. The van der Waals surface area contributed by atoms with Crippen LogP contribution >= 0.6 is 27.7 Å². The average molecular weight is 352 g/mol. The first-order chi connectivity index (χ1) is 9.49. The van der Waals surface area contributed by atoms with Gasteiger partial charge in [-0.2, -0.15) is 0 Å². The maximum Gasteiger partial charge on any atom is 0.0981 e. The Morgan fingerprint density at radius 3 is 2.75 bits per heavy atom.